The maximum absolute atomic E-state index is 4.55. The van der Waals surface area contributed by atoms with Gasteiger partial charge in [0.1, 0.15) is 5.82 Å². The van der Waals surface area contributed by atoms with E-state index in [0.717, 1.165) is 31.2 Å². The van der Waals surface area contributed by atoms with Crippen molar-refractivity contribution in [2.24, 2.45) is 0 Å². The molecule has 3 heteroatoms. The zero-order chi connectivity index (χ0) is 10.6. The van der Waals surface area contributed by atoms with Crippen LogP contribution in [0.15, 0.2) is 0 Å². The lowest BCUT2D eigenvalue weighted by Crippen LogP contribution is -2.17. The van der Waals surface area contributed by atoms with E-state index in [-0.39, 0.29) is 0 Å². The van der Waals surface area contributed by atoms with E-state index in [2.05, 4.69) is 42.6 Å². The minimum Gasteiger partial charge on any atom is -0.331 e. The van der Waals surface area contributed by atoms with Crippen molar-refractivity contribution in [3.63, 3.8) is 0 Å². The molecule has 0 amide bonds. The zero-order valence-corrected chi connectivity index (χ0v) is 9.72. The second-order valence-corrected chi connectivity index (χ2v) is 3.62. The van der Waals surface area contributed by atoms with Gasteiger partial charge in [-0.1, -0.05) is 6.92 Å². The highest BCUT2D eigenvalue weighted by Gasteiger charge is 2.08. The molecule has 14 heavy (non-hydrogen) atoms. The van der Waals surface area contributed by atoms with Gasteiger partial charge in [-0.15, -0.1) is 0 Å². The first-order valence-electron chi connectivity index (χ1n) is 5.44. The summed E-state index contributed by atoms with van der Waals surface area (Å²) in [5, 5.41) is 3.38. The van der Waals surface area contributed by atoms with Crippen molar-refractivity contribution in [3.8, 4) is 0 Å². The third kappa shape index (κ3) is 2.35. The maximum atomic E-state index is 4.55. The van der Waals surface area contributed by atoms with Crippen molar-refractivity contribution in [1.82, 2.24) is 14.9 Å². The number of imidazole rings is 1. The van der Waals surface area contributed by atoms with Crippen LogP contribution in [-0.4, -0.2) is 16.1 Å². The standard InChI is InChI=1S/C11H21N3/c1-5-7-12-8-11-13-9(3)10(4)14(11)6-2/h12H,5-8H2,1-4H3. The van der Waals surface area contributed by atoms with Crippen LogP contribution in [-0.2, 0) is 13.1 Å². The first-order chi connectivity index (χ1) is 6.70. The lowest BCUT2D eigenvalue weighted by Gasteiger charge is -2.07. The summed E-state index contributed by atoms with van der Waals surface area (Å²) in [4.78, 5) is 4.55. The molecule has 0 radical (unpaired) electrons. The highest BCUT2D eigenvalue weighted by molar-refractivity contribution is 5.14. The Morgan fingerprint density at radius 3 is 2.57 bits per heavy atom. The summed E-state index contributed by atoms with van der Waals surface area (Å²) in [5.41, 5.74) is 2.45. The number of aryl methyl sites for hydroxylation is 1. The highest BCUT2D eigenvalue weighted by Crippen LogP contribution is 2.09. The van der Waals surface area contributed by atoms with E-state index in [9.17, 15) is 0 Å². The molecule has 0 unspecified atom stereocenters. The topological polar surface area (TPSA) is 29.9 Å². The van der Waals surface area contributed by atoms with Crippen LogP contribution < -0.4 is 5.32 Å². The normalized spacial score (nSPS) is 10.9. The molecule has 0 spiro atoms. The monoisotopic (exact) mass is 195 g/mol. The zero-order valence-electron chi connectivity index (χ0n) is 9.72. The van der Waals surface area contributed by atoms with Crippen LogP contribution >= 0.6 is 0 Å². The Labute approximate surface area is 86.5 Å². The van der Waals surface area contributed by atoms with Gasteiger partial charge < -0.3 is 9.88 Å². The molecule has 1 rings (SSSR count). The van der Waals surface area contributed by atoms with Gasteiger partial charge in [0.25, 0.3) is 0 Å². The summed E-state index contributed by atoms with van der Waals surface area (Å²) in [7, 11) is 0. The van der Waals surface area contributed by atoms with Crippen molar-refractivity contribution in [2.45, 2.75) is 47.2 Å². The molecule has 0 atom stereocenters. The van der Waals surface area contributed by atoms with Gasteiger partial charge in [0, 0.05) is 12.2 Å². The van der Waals surface area contributed by atoms with E-state index >= 15 is 0 Å². The summed E-state index contributed by atoms with van der Waals surface area (Å²) < 4.78 is 2.28. The average Bonchev–Trinajstić information content (AvgIpc) is 2.43. The van der Waals surface area contributed by atoms with Gasteiger partial charge in [0.15, 0.2) is 0 Å². The third-order valence-corrected chi connectivity index (χ3v) is 2.56. The summed E-state index contributed by atoms with van der Waals surface area (Å²) in [6.45, 7) is 11.5. The minimum atomic E-state index is 0.885. The largest absolute Gasteiger partial charge is 0.331 e. The van der Waals surface area contributed by atoms with Gasteiger partial charge in [-0.05, 0) is 33.7 Å². The van der Waals surface area contributed by atoms with Crippen LogP contribution in [0, 0.1) is 13.8 Å². The van der Waals surface area contributed by atoms with Crippen LogP contribution in [0.3, 0.4) is 0 Å². The minimum absolute atomic E-state index is 0.885. The fraction of sp³-hybridized carbons (Fsp3) is 0.727. The molecule has 0 fully saturated rings. The summed E-state index contributed by atoms with van der Waals surface area (Å²) in [5.74, 6) is 1.16. The van der Waals surface area contributed by atoms with Gasteiger partial charge in [0.05, 0.1) is 12.2 Å². The number of hydrogen-bond acceptors (Lipinski definition) is 2. The number of aromatic nitrogens is 2. The molecule has 0 aliphatic heterocycles. The molecule has 0 saturated heterocycles. The Hall–Kier alpha value is -0.830. The average molecular weight is 195 g/mol. The molecule has 0 aromatic carbocycles. The molecule has 80 valence electrons. The molecular formula is C11H21N3. The van der Waals surface area contributed by atoms with Crippen molar-refractivity contribution in [3.05, 3.63) is 17.2 Å². The smallest absolute Gasteiger partial charge is 0.123 e. The molecule has 0 aliphatic rings. The van der Waals surface area contributed by atoms with Gasteiger partial charge >= 0.3 is 0 Å². The summed E-state index contributed by atoms with van der Waals surface area (Å²) in [6.07, 6.45) is 1.17. The lowest BCUT2D eigenvalue weighted by atomic mass is 10.4. The van der Waals surface area contributed by atoms with Crippen molar-refractivity contribution < 1.29 is 0 Å². The molecule has 1 heterocycles. The first-order valence-corrected chi connectivity index (χ1v) is 5.44. The van der Waals surface area contributed by atoms with Crippen LogP contribution in [0.2, 0.25) is 0 Å². The Balaban J connectivity index is 2.70. The van der Waals surface area contributed by atoms with E-state index in [1.54, 1.807) is 0 Å². The molecule has 1 N–H and O–H groups in total. The second kappa shape index (κ2) is 5.15. The Kier molecular flexibility index (Phi) is 4.14. The third-order valence-electron chi connectivity index (χ3n) is 2.56. The number of hydrogen-bond donors (Lipinski definition) is 1. The second-order valence-electron chi connectivity index (χ2n) is 3.62. The SMILES string of the molecule is CCCNCc1nc(C)c(C)n1CC. The molecule has 1 aromatic heterocycles. The van der Waals surface area contributed by atoms with E-state index < -0.39 is 0 Å². The van der Waals surface area contributed by atoms with Crippen LogP contribution in [0.1, 0.15) is 37.5 Å². The number of nitrogens with one attached hydrogen (secondary N) is 1. The molecule has 0 aliphatic carbocycles. The molecular weight excluding hydrogens is 174 g/mol. The number of rotatable bonds is 5. The molecule has 3 nitrogen and oxygen atoms in total. The first kappa shape index (κ1) is 11.2. The highest BCUT2D eigenvalue weighted by atomic mass is 15.1. The van der Waals surface area contributed by atoms with Crippen molar-refractivity contribution in [2.75, 3.05) is 6.54 Å². The fourth-order valence-electron chi connectivity index (χ4n) is 1.66. The van der Waals surface area contributed by atoms with Crippen molar-refractivity contribution in [1.29, 1.82) is 0 Å². The van der Waals surface area contributed by atoms with Crippen LogP contribution in [0.5, 0.6) is 0 Å². The van der Waals surface area contributed by atoms with Gasteiger partial charge in [-0.25, -0.2) is 4.98 Å². The molecule has 0 bridgehead atoms. The molecule has 1 aromatic rings. The predicted octanol–water partition coefficient (Wildman–Crippen LogP) is 2.02. The summed E-state index contributed by atoms with van der Waals surface area (Å²) >= 11 is 0. The molecule has 0 saturated carbocycles. The van der Waals surface area contributed by atoms with E-state index in [1.807, 2.05) is 0 Å². The van der Waals surface area contributed by atoms with Gasteiger partial charge in [0.2, 0.25) is 0 Å². The van der Waals surface area contributed by atoms with E-state index in [4.69, 9.17) is 0 Å². The number of nitrogens with zero attached hydrogens (tertiary/aromatic N) is 2. The quantitative estimate of drug-likeness (QED) is 0.728. The fourth-order valence-corrected chi connectivity index (χ4v) is 1.66. The van der Waals surface area contributed by atoms with E-state index in [1.165, 1.54) is 12.1 Å². The lowest BCUT2D eigenvalue weighted by molar-refractivity contribution is 0.602. The predicted molar refractivity (Wildman–Crippen MR) is 59.4 cm³/mol. The van der Waals surface area contributed by atoms with Crippen LogP contribution in [0.25, 0.3) is 0 Å². The maximum Gasteiger partial charge on any atom is 0.123 e. The van der Waals surface area contributed by atoms with E-state index in [0.29, 0.717) is 0 Å². The Morgan fingerprint density at radius 2 is 2.00 bits per heavy atom. The van der Waals surface area contributed by atoms with Crippen LogP contribution in [0.4, 0.5) is 0 Å². The van der Waals surface area contributed by atoms with Crippen molar-refractivity contribution >= 4 is 0 Å². The Morgan fingerprint density at radius 1 is 1.29 bits per heavy atom. The van der Waals surface area contributed by atoms with Gasteiger partial charge in [-0.3, -0.25) is 0 Å². The summed E-state index contributed by atoms with van der Waals surface area (Å²) in [6, 6.07) is 0. The Bertz CT molecular complexity index is 289. The van der Waals surface area contributed by atoms with Gasteiger partial charge in [-0.2, -0.15) is 0 Å².